The van der Waals surface area contributed by atoms with Crippen molar-refractivity contribution in [1.82, 2.24) is 9.47 Å². The zero-order valence-corrected chi connectivity index (χ0v) is 10.5. The highest BCUT2D eigenvalue weighted by atomic mass is 16.3. The molecule has 1 aliphatic heterocycles. The number of piperidine rings is 1. The van der Waals surface area contributed by atoms with Crippen LogP contribution in [0.15, 0.2) is 18.5 Å². The van der Waals surface area contributed by atoms with E-state index >= 15 is 0 Å². The molecule has 0 spiro atoms. The molecule has 0 aromatic carbocycles. The molecule has 1 aromatic rings. The van der Waals surface area contributed by atoms with Crippen molar-refractivity contribution in [3.8, 4) is 0 Å². The van der Waals surface area contributed by atoms with Gasteiger partial charge >= 0.3 is 0 Å². The van der Waals surface area contributed by atoms with E-state index in [1.165, 1.54) is 0 Å². The predicted molar refractivity (Wildman–Crippen MR) is 66.0 cm³/mol. The first-order valence-corrected chi connectivity index (χ1v) is 6.12. The van der Waals surface area contributed by atoms with Crippen LogP contribution in [0.3, 0.4) is 0 Å². The summed E-state index contributed by atoms with van der Waals surface area (Å²) in [6.07, 6.45) is 4.38. The molecular weight excluding hydrogens is 216 g/mol. The topological polar surface area (TPSA) is 45.5 Å². The lowest BCUT2D eigenvalue weighted by molar-refractivity contribution is 0.0295. The Bertz CT molecular complexity index is 400. The molecule has 17 heavy (non-hydrogen) atoms. The largest absolute Gasteiger partial charge is 0.392 e. The van der Waals surface area contributed by atoms with Crippen LogP contribution in [0, 0.1) is 5.92 Å². The van der Waals surface area contributed by atoms with Crippen LogP contribution in [0.2, 0.25) is 0 Å². The molecule has 0 aliphatic carbocycles. The quantitative estimate of drug-likeness (QED) is 0.793. The number of aliphatic hydroxyl groups is 1. The third-order valence-electron chi connectivity index (χ3n) is 3.52. The van der Waals surface area contributed by atoms with Crippen molar-refractivity contribution < 1.29 is 9.90 Å². The summed E-state index contributed by atoms with van der Waals surface area (Å²) in [4.78, 5) is 14.0. The average molecular weight is 236 g/mol. The molecule has 2 heterocycles. The van der Waals surface area contributed by atoms with Crippen LogP contribution in [0.1, 0.15) is 23.7 Å². The zero-order chi connectivity index (χ0) is 12.4. The smallest absolute Gasteiger partial charge is 0.178 e. The Balaban J connectivity index is 1.91. The summed E-state index contributed by atoms with van der Waals surface area (Å²) < 4.78 is 1.88. The van der Waals surface area contributed by atoms with E-state index in [0.29, 0.717) is 19.0 Å². The maximum Gasteiger partial charge on any atom is 0.178 e. The molecule has 2 atom stereocenters. The molecule has 0 amide bonds. The van der Waals surface area contributed by atoms with E-state index in [0.717, 1.165) is 18.5 Å². The van der Waals surface area contributed by atoms with E-state index in [9.17, 15) is 9.90 Å². The molecular formula is C13H20N2O2. The fraction of sp³-hybridized carbons (Fsp3) is 0.615. The minimum atomic E-state index is -0.299. The lowest BCUT2D eigenvalue weighted by Gasteiger charge is -2.33. The summed E-state index contributed by atoms with van der Waals surface area (Å²) in [6, 6.07) is 1.84. The van der Waals surface area contributed by atoms with Crippen molar-refractivity contribution in [3.63, 3.8) is 0 Å². The Morgan fingerprint density at radius 3 is 2.94 bits per heavy atom. The fourth-order valence-corrected chi connectivity index (χ4v) is 2.22. The molecule has 0 bridgehead atoms. The van der Waals surface area contributed by atoms with Gasteiger partial charge in [0.25, 0.3) is 0 Å². The molecule has 2 unspecified atom stereocenters. The van der Waals surface area contributed by atoms with Crippen LogP contribution in [0.5, 0.6) is 0 Å². The Labute approximate surface area is 102 Å². The SMILES string of the molecule is CC1CCN(CC(=O)c2ccn(C)c2)CC1O. The van der Waals surface area contributed by atoms with Gasteiger partial charge in [-0.3, -0.25) is 9.69 Å². The second-order valence-electron chi connectivity index (χ2n) is 5.06. The number of rotatable bonds is 3. The summed E-state index contributed by atoms with van der Waals surface area (Å²) in [5.74, 6) is 0.477. The first-order chi connectivity index (χ1) is 8.06. The maximum absolute atomic E-state index is 12.0. The monoisotopic (exact) mass is 236 g/mol. The minimum Gasteiger partial charge on any atom is -0.392 e. The van der Waals surface area contributed by atoms with Crippen molar-refractivity contribution >= 4 is 5.78 Å². The highest BCUT2D eigenvalue weighted by molar-refractivity contribution is 5.97. The van der Waals surface area contributed by atoms with Gasteiger partial charge in [-0.25, -0.2) is 0 Å². The van der Waals surface area contributed by atoms with Crippen molar-refractivity contribution in [1.29, 1.82) is 0 Å². The number of ketones is 1. The lowest BCUT2D eigenvalue weighted by atomic mass is 9.96. The van der Waals surface area contributed by atoms with Gasteiger partial charge in [0.05, 0.1) is 12.6 Å². The highest BCUT2D eigenvalue weighted by Crippen LogP contribution is 2.17. The van der Waals surface area contributed by atoms with Crippen LogP contribution >= 0.6 is 0 Å². The molecule has 4 nitrogen and oxygen atoms in total. The zero-order valence-electron chi connectivity index (χ0n) is 10.5. The van der Waals surface area contributed by atoms with E-state index in [1.807, 2.05) is 35.0 Å². The molecule has 1 aromatic heterocycles. The van der Waals surface area contributed by atoms with Crippen LogP contribution in [0.25, 0.3) is 0 Å². The summed E-state index contributed by atoms with van der Waals surface area (Å²) in [7, 11) is 1.91. The number of aliphatic hydroxyl groups excluding tert-OH is 1. The second-order valence-corrected chi connectivity index (χ2v) is 5.06. The molecule has 94 valence electrons. The van der Waals surface area contributed by atoms with Crippen molar-refractivity contribution in [2.45, 2.75) is 19.4 Å². The molecule has 1 fully saturated rings. The Morgan fingerprint density at radius 1 is 1.59 bits per heavy atom. The fourth-order valence-electron chi connectivity index (χ4n) is 2.22. The number of aromatic nitrogens is 1. The maximum atomic E-state index is 12.0. The molecule has 0 radical (unpaired) electrons. The molecule has 1 N–H and O–H groups in total. The van der Waals surface area contributed by atoms with E-state index in [1.54, 1.807) is 0 Å². The van der Waals surface area contributed by atoms with E-state index in [-0.39, 0.29) is 11.9 Å². The summed E-state index contributed by atoms with van der Waals surface area (Å²) in [5.41, 5.74) is 0.751. The number of carbonyl (C=O) groups is 1. The molecule has 0 saturated carbocycles. The number of β-amino-alcohol motifs (C(OH)–C–C–N with tert-alkyl or cyclic N) is 1. The number of Topliss-reactive ketones (excluding diaryl/α,β-unsaturated/α-hetero) is 1. The number of nitrogens with zero attached hydrogens (tertiary/aromatic N) is 2. The van der Waals surface area contributed by atoms with Crippen LogP contribution in [0.4, 0.5) is 0 Å². The number of likely N-dealkylation sites (tertiary alicyclic amines) is 1. The number of hydrogen-bond acceptors (Lipinski definition) is 3. The number of carbonyl (C=O) groups excluding carboxylic acids is 1. The summed E-state index contributed by atoms with van der Waals surface area (Å²) >= 11 is 0. The van der Waals surface area contributed by atoms with Gasteiger partial charge in [-0.2, -0.15) is 0 Å². The van der Waals surface area contributed by atoms with Crippen molar-refractivity contribution in [2.75, 3.05) is 19.6 Å². The molecule has 1 aliphatic rings. The van der Waals surface area contributed by atoms with Gasteiger partial charge in [-0.05, 0) is 24.9 Å². The first kappa shape index (κ1) is 12.3. The molecule has 2 rings (SSSR count). The van der Waals surface area contributed by atoms with Crippen LogP contribution in [-0.2, 0) is 7.05 Å². The van der Waals surface area contributed by atoms with Gasteiger partial charge in [0.2, 0.25) is 0 Å². The predicted octanol–water partition coefficient (Wildman–Crippen LogP) is 0.911. The van der Waals surface area contributed by atoms with E-state index < -0.39 is 0 Å². The Hall–Kier alpha value is -1.13. The average Bonchev–Trinajstić information content (AvgIpc) is 2.70. The minimum absolute atomic E-state index is 0.132. The summed E-state index contributed by atoms with van der Waals surface area (Å²) in [6.45, 7) is 3.98. The molecule has 1 saturated heterocycles. The van der Waals surface area contributed by atoms with Gasteiger partial charge in [0.1, 0.15) is 0 Å². The Kier molecular flexibility index (Phi) is 3.64. The highest BCUT2D eigenvalue weighted by Gasteiger charge is 2.25. The van der Waals surface area contributed by atoms with Gasteiger partial charge in [-0.1, -0.05) is 6.92 Å². The molecule has 4 heteroatoms. The third kappa shape index (κ3) is 2.96. The number of hydrogen-bond donors (Lipinski definition) is 1. The second kappa shape index (κ2) is 5.02. The first-order valence-electron chi connectivity index (χ1n) is 6.12. The third-order valence-corrected chi connectivity index (χ3v) is 3.52. The lowest BCUT2D eigenvalue weighted by Crippen LogP contribution is -2.44. The van der Waals surface area contributed by atoms with Crippen LogP contribution in [-0.4, -0.2) is 46.1 Å². The number of aryl methyl sites for hydroxylation is 1. The van der Waals surface area contributed by atoms with Gasteiger partial charge in [0.15, 0.2) is 5.78 Å². The normalized spacial score (nSPS) is 26.1. The van der Waals surface area contributed by atoms with Crippen molar-refractivity contribution in [3.05, 3.63) is 24.0 Å². The Morgan fingerprint density at radius 2 is 2.35 bits per heavy atom. The van der Waals surface area contributed by atoms with Gasteiger partial charge < -0.3 is 9.67 Å². The van der Waals surface area contributed by atoms with Gasteiger partial charge in [0, 0.05) is 31.5 Å². The van der Waals surface area contributed by atoms with Gasteiger partial charge in [-0.15, -0.1) is 0 Å². The van der Waals surface area contributed by atoms with E-state index in [2.05, 4.69) is 6.92 Å². The van der Waals surface area contributed by atoms with Crippen molar-refractivity contribution in [2.24, 2.45) is 13.0 Å². The van der Waals surface area contributed by atoms with E-state index in [4.69, 9.17) is 0 Å². The standard InChI is InChI=1S/C13H20N2O2/c1-10-3-6-15(8-12(10)16)9-13(17)11-4-5-14(2)7-11/h4-5,7,10,12,16H,3,6,8-9H2,1-2H3. The van der Waals surface area contributed by atoms with Crippen LogP contribution < -0.4 is 0 Å². The summed E-state index contributed by atoms with van der Waals surface area (Å²) in [5, 5.41) is 9.78.